The largest absolute Gasteiger partial charge is 0.490 e. The number of anilines is 2. The molecule has 0 bridgehead atoms. The molecule has 9 nitrogen and oxygen atoms in total. The fraction of sp³-hybridized carbons (Fsp3) is 0.111. The SMILES string of the molecule is COc1c(NN)ncnc1Sc1nc(N)cc(=O)[nH]1. The van der Waals surface area contributed by atoms with Crippen molar-refractivity contribution in [3.8, 4) is 5.75 Å². The fourth-order valence-corrected chi connectivity index (χ4v) is 2.17. The topological polar surface area (TPSA) is 145 Å². The Bertz CT molecular complexity index is 645. The van der Waals surface area contributed by atoms with Crippen LogP contribution in [0.1, 0.15) is 0 Å². The van der Waals surface area contributed by atoms with Crippen LogP contribution in [0.2, 0.25) is 0 Å². The monoisotopic (exact) mass is 281 g/mol. The summed E-state index contributed by atoms with van der Waals surface area (Å²) < 4.78 is 5.16. The highest BCUT2D eigenvalue weighted by atomic mass is 32.2. The number of nitrogen functional groups attached to an aromatic ring is 2. The molecule has 2 rings (SSSR count). The van der Waals surface area contributed by atoms with Gasteiger partial charge in [-0.05, 0) is 11.8 Å². The van der Waals surface area contributed by atoms with Crippen molar-refractivity contribution in [2.24, 2.45) is 5.84 Å². The molecule has 0 amide bonds. The van der Waals surface area contributed by atoms with Crippen molar-refractivity contribution in [2.75, 3.05) is 18.3 Å². The molecule has 0 aromatic carbocycles. The van der Waals surface area contributed by atoms with Crippen LogP contribution in [0.4, 0.5) is 11.6 Å². The molecule has 0 aliphatic carbocycles. The van der Waals surface area contributed by atoms with Crippen molar-refractivity contribution in [3.05, 3.63) is 22.7 Å². The van der Waals surface area contributed by atoms with Crippen molar-refractivity contribution >= 4 is 23.4 Å². The molecule has 0 radical (unpaired) electrons. The molecule has 100 valence electrons. The number of H-pyrrole nitrogens is 1. The van der Waals surface area contributed by atoms with Crippen molar-refractivity contribution in [2.45, 2.75) is 10.2 Å². The van der Waals surface area contributed by atoms with Crippen LogP contribution in [-0.2, 0) is 0 Å². The summed E-state index contributed by atoms with van der Waals surface area (Å²) in [5.74, 6) is 6.11. The van der Waals surface area contributed by atoms with E-state index in [1.807, 2.05) is 0 Å². The Kier molecular flexibility index (Phi) is 3.82. The van der Waals surface area contributed by atoms with E-state index in [1.54, 1.807) is 0 Å². The molecule has 0 spiro atoms. The van der Waals surface area contributed by atoms with Gasteiger partial charge in [0, 0.05) is 6.07 Å². The molecule has 19 heavy (non-hydrogen) atoms. The van der Waals surface area contributed by atoms with E-state index >= 15 is 0 Å². The minimum absolute atomic E-state index is 0.122. The van der Waals surface area contributed by atoms with E-state index in [-0.39, 0.29) is 11.4 Å². The Morgan fingerprint density at radius 2 is 2.26 bits per heavy atom. The molecule has 0 atom stereocenters. The number of hydrazine groups is 1. The molecular formula is C9H11N7O2S. The summed E-state index contributed by atoms with van der Waals surface area (Å²) in [7, 11) is 1.46. The smallest absolute Gasteiger partial charge is 0.253 e. The normalized spacial score (nSPS) is 10.2. The Morgan fingerprint density at radius 3 is 2.89 bits per heavy atom. The predicted octanol–water partition coefficient (Wildman–Crippen LogP) is -0.413. The minimum Gasteiger partial charge on any atom is -0.490 e. The van der Waals surface area contributed by atoms with Crippen molar-refractivity contribution < 1.29 is 4.74 Å². The van der Waals surface area contributed by atoms with E-state index in [0.717, 1.165) is 11.8 Å². The standard InChI is InChI=1S/C9H11N7O2S/c1-18-6-7(16-11)12-3-13-8(6)19-9-14-4(10)2-5(17)15-9/h2-3H,11H2,1H3,(H,12,13,16)(H3,10,14,15,17). The zero-order valence-corrected chi connectivity index (χ0v) is 10.7. The van der Waals surface area contributed by atoms with Crippen molar-refractivity contribution in [1.82, 2.24) is 19.9 Å². The number of rotatable bonds is 4. The van der Waals surface area contributed by atoms with Crippen LogP contribution < -0.4 is 27.3 Å². The van der Waals surface area contributed by atoms with Gasteiger partial charge in [0.25, 0.3) is 5.56 Å². The first kappa shape index (κ1) is 13.1. The molecule has 0 fully saturated rings. The summed E-state index contributed by atoms with van der Waals surface area (Å²) in [6.45, 7) is 0. The number of ether oxygens (including phenoxy) is 1. The van der Waals surface area contributed by atoms with Crippen LogP contribution >= 0.6 is 11.8 Å². The third-order valence-corrected chi connectivity index (χ3v) is 2.92. The second kappa shape index (κ2) is 5.54. The third kappa shape index (κ3) is 2.92. The predicted molar refractivity (Wildman–Crippen MR) is 69.8 cm³/mol. The highest BCUT2D eigenvalue weighted by Gasteiger charge is 2.14. The Morgan fingerprint density at radius 1 is 1.47 bits per heavy atom. The fourth-order valence-electron chi connectivity index (χ4n) is 1.31. The first-order chi connectivity index (χ1) is 9.13. The van der Waals surface area contributed by atoms with Gasteiger partial charge in [0.15, 0.2) is 21.7 Å². The average Bonchev–Trinajstić information content (AvgIpc) is 2.37. The maximum Gasteiger partial charge on any atom is 0.253 e. The van der Waals surface area contributed by atoms with E-state index in [2.05, 4.69) is 25.4 Å². The molecule has 2 aromatic rings. The average molecular weight is 281 g/mol. The summed E-state index contributed by atoms with van der Waals surface area (Å²) in [6.07, 6.45) is 1.31. The van der Waals surface area contributed by atoms with Gasteiger partial charge in [-0.25, -0.2) is 20.8 Å². The maximum absolute atomic E-state index is 11.3. The molecule has 0 unspecified atom stereocenters. The maximum atomic E-state index is 11.3. The van der Waals surface area contributed by atoms with Gasteiger partial charge in [-0.1, -0.05) is 0 Å². The Balaban J connectivity index is 2.40. The lowest BCUT2D eigenvalue weighted by atomic mass is 10.5. The second-order valence-corrected chi connectivity index (χ2v) is 4.26. The number of nitrogens with two attached hydrogens (primary N) is 2. The van der Waals surface area contributed by atoms with Crippen LogP contribution in [0.5, 0.6) is 5.75 Å². The lowest BCUT2D eigenvalue weighted by molar-refractivity contribution is 0.400. The number of hydrogen-bond donors (Lipinski definition) is 4. The van der Waals surface area contributed by atoms with Crippen LogP contribution in [-0.4, -0.2) is 27.0 Å². The van der Waals surface area contributed by atoms with Gasteiger partial charge in [0.1, 0.15) is 12.1 Å². The quantitative estimate of drug-likeness (QED) is 0.254. The first-order valence-corrected chi connectivity index (χ1v) is 5.86. The van der Waals surface area contributed by atoms with Crippen LogP contribution in [0.3, 0.4) is 0 Å². The van der Waals surface area contributed by atoms with Gasteiger partial charge in [-0.3, -0.25) is 4.79 Å². The highest BCUT2D eigenvalue weighted by Crippen LogP contribution is 2.34. The zero-order valence-electron chi connectivity index (χ0n) is 9.88. The highest BCUT2D eigenvalue weighted by molar-refractivity contribution is 7.99. The molecule has 10 heteroatoms. The van der Waals surface area contributed by atoms with Gasteiger partial charge < -0.3 is 20.9 Å². The van der Waals surface area contributed by atoms with Crippen LogP contribution in [0.15, 0.2) is 27.4 Å². The molecule has 6 N–H and O–H groups in total. The van der Waals surface area contributed by atoms with Gasteiger partial charge in [-0.15, -0.1) is 0 Å². The van der Waals surface area contributed by atoms with Crippen LogP contribution in [0, 0.1) is 0 Å². The second-order valence-electron chi connectivity index (χ2n) is 3.28. The van der Waals surface area contributed by atoms with E-state index in [9.17, 15) is 4.79 Å². The molecule has 2 heterocycles. The van der Waals surface area contributed by atoms with E-state index < -0.39 is 0 Å². The molecule has 2 aromatic heterocycles. The lowest BCUT2D eigenvalue weighted by Gasteiger charge is -2.09. The van der Waals surface area contributed by atoms with Gasteiger partial charge >= 0.3 is 0 Å². The summed E-state index contributed by atoms with van der Waals surface area (Å²) >= 11 is 1.08. The molecular weight excluding hydrogens is 270 g/mol. The van der Waals surface area contributed by atoms with Gasteiger partial charge in [0.2, 0.25) is 0 Å². The summed E-state index contributed by atoms with van der Waals surface area (Å²) in [4.78, 5) is 25.7. The number of aromatic nitrogens is 4. The number of hydrogen-bond acceptors (Lipinski definition) is 9. The van der Waals surface area contributed by atoms with Gasteiger partial charge in [0.05, 0.1) is 7.11 Å². The van der Waals surface area contributed by atoms with Crippen molar-refractivity contribution in [3.63, 3.8) is 0 Å². The first-order valence-electron chi connectivity index (χ1n) is 5.04. The number of methoxy groups -OCH3 is 1. The summed E-state index contributed by atoms with van der Waals surface area (Å²) in [6, 6.07) is 1.19. The van der Waals surface area contributed by atoms with Crippen LogP contribution in [0.25, 0.3) is 0 Å². The minimum atomic E-state index is -0.347. The Labute approximate surface area is 111 Å². The summed E-state index contributed by atoms with van der Waals surface area (Å²) in [5.41, 5.74) is 7.54. The van der Waals surface area contributed by atoms with E-state index in [4.69, 9.17) is 16.3 Å². The Hall–Kier alpha value is -2.33. The molecule has 0 aliphatic heterocycles. The molecule has 0 aliphatic rings. The third-order valence-electron chi connectivity index (χ3n) is 2.05. The lowest BCUT2D eigenvalue weighted by Crippen LogP contribution is -2.11. The number of nitrogens with zero attached hydrogens (tertiary/aromatic N) is 3. The molecule has 0 saturated carbocycles. The number of aromatic amines is 1. The van der Waals surface area contributed by atoms with Gasteiger partial charge in [-0.2, -0.15) is 0 Å². The molecule has 0 saturated heterocycles. The van der Waals surface area contributed by atoms with E-state index in [1.165, 1.54) is 19.5 Å². The number of nitrogens with one attached hydrogen (secondary N) is 2. The van der Waals surface area contributed by atoms with Crippen molar-refractivity contribution in [1.29, 1.82) is 0 Å². The van der Waals surface area contributed by atoms with E-state index in [0.29, 0.717) is 21.7 Å². The zero-order chi connectivity index (χ0) is 13.8. The summed E-state index contributed by atoms with van der Waals surface area (Å²) in [5, 5.41) is 0.740.